The normalized spacial score (nSPS) is 13.6. The van der Waals surface area contributed by atoms with Crippen LogP contribution < -0.4 is 4.74 Å². The maximum absolute atomic E-state index is 9.56. The fourth-order valence-electron chi connectivity index (χ4n) is 2.53. The number of aryl methyl sites for hydroxylation is 1. The molecule has 0 radical (unpaired) electrons. The average Bonchev–Trinajstić information content (AvgIpc) is 2.46. The van der Waals surface area contributed by atoms with Crippen molar-refractivity contribution < 1.29 is 9.84 Å². The second-order valence-corrected chi connectivity index (χ2v) is 4.78. The van der Waals surface area contributed by atoms with Gasteiger partial charge in [-0.2, -0.15) is 0 Å². The molecule has 2 aromatic rings. The Bertz CT molecular complexity index is 641. The molecule has 19 heavy (non-hydrogen) atoms. The van der Waals surface area contributed by atoms with E-state index in [2.05, 4.69) is 18.2 Å². The molecule has 96 valence electrons. The van der Waals surface area contributed by atoms with Gasteiger partial charge in [-0.25, -0.2) is 0 Å². The van der Waals surface area contributed by atoms with E-state index in [1.165, 1.54) is 16.7 Å². The summed E-state index contributed by atoms with van der Waals surface area (Å²) >= 11 is 0. The Morgan fingerprint density at radius 1 is 1.05 bits per heavy atom. The van der Waals surface area contributed by atoms with E-state index < -0.39 is 0 Å². The Labute approximate surface area is 113 Å². The first kappa shape index (κ1) is 11.8. The second kappa shape index (κ2) is 4.81. The summed E-state index contributed by atoms with van der Waals surface area (Å²) < 4.78 is 5.25. The summed E-state index contributed by atoms with van der Waals surface area (Å²) in [5.74, 6) is 1.23. The highest BCUT2D eigenvalue weighted by atomic mass is 16.5. The van der Waals surface area contributed by atoms with Gasteiger partial charge in [0.2, 0.25) is 0 Å². The number of aromatic hydroxyl groups is 1. The maximum Gasteiger partial charge on any atom is 0.119 e. The fraction of sp³-hybridized carbons (Fsp3) is 0.176. The summed E-state index contributed by atoms with van der Waals surface area (Å²) in [4.78, 5) is 0. The zero-order valence-corrected chi connectivity index (χ0v) is 10.9. The van der Waals surface area contributed by atoms with E-state index >= 15 is 0 Å². The molecule has 0 spiro atoms. The number of fused-ring (bicyclic) bond motifs is 1. The van der Waals surface area contributed by atoms with Gasteiger partial charge in [0.05, 0.1) is 7.11 Å². The number of ether oxygens (including phenoxy) is 1. The third kappa shape index (κ3) is 2.34. The summed E-state index contributed by atoms with van der Waals surface area (Å²) in [5, 5.41) is 9.56. The number of methoxy groups -OCH3 is 1. The van der Waals surface area contributed by atoms with E-state index in [4.69, 9.17) is 4.74 Å². The van der Waals surface area contributed by atoms with Crippen LogP contribution in [0.2, 0.25) is 0 Å². The van der Waals surface area contributed by atoms with Gasteiger partial charge in [0.15, 0.2) is 0 Å². The summed E-state index contributed by atoms with van der Waals surface area (Å²) in [6.45, 7) is 0. The van der Waals surface area contributed by atoms with Crippen LogP contribution >= 0.6 is 0 Å². The predicted octanol–water partition coefficient (Wildman–Crippen LogP) is 3.89. The molecule has 0 unspecified atom stereocenters. The van der Waals surface area contributed by atoms with Crippen LogP contribution in [0.5, 0.6) is 11.5 Å². The fourth-order valence-corrected chi connectivity index (χ4v) is 2.53. The van der Waals surface area contributed by atoms with Crippen molar-refractivity contribution in [2.24, 2.45) is 0 Å². The quantitative estimate of drug-likeness (QED) is 0.878. The van der Waals surface area contributed by atoms with Crippen molar-refractivity contribution in [2.75, 3.05) is 7.11 Å². The molecule has 0 heterocycles. The van der Waals surface area contributed by atoms with E-state index in [-0.39, 0.29) is 0 Å². The van der Waals surface area contributed by atoms with Crippen LogP contribution in [-0.4, -0.2) is 12.2 Å². The average molecular weight is 252 g/mol. The van der Waals surface area contributed by atoms with Gasteiger partial charge in [0.25, 0.3) is 0 Å². The molecule has 2 heteroatoms. The third-order valence-electron chi connectivity index (χ3n) is 3.56. The van der Waals surface area contributed by atoms with Crippen molar-refractivity contribution >= 4 is 11.6 Å². The zero-order valence-electron chi connectivity index (χ0n) is 10.9. The lowest BCUT2D eigenvalue weighted by Gasteiger charge is -2.17. The topological polar surface area (TPSA) is 29.5 Å². The number of phenols is 1. The van der Waals surface area contributed by atoms with E-state index in [1.807, 2.05) is 24.3 Å². The van der Waals surface area contributed by atoms with Gasteiger partial charge in [-0.15, -0.1) is 0 Å². The van der Waals surface area contributed by atoms with Gasteiger partial charge in [-0.3, -0.25) is 0 Å². The standard InChI is InChI=1S/C17H16O2/c1-19-17-8-7-14-9-13(5-6-15(14)11-17)12-3-2-4-16(18)10-12/h2-4,7-11,18H,5-6H2,1H3. The summed E-state index contributed by atoms with van der Waals surface area (Å²) in [5.41, 5.74) is 4.93. The van der Waals surface area contributed by atoms with Crippen LogP contribution in [-0.2, 0) is 6.42 Å². The Hall–Kier alpha value is -2.22. The van der Waals surface area contributed by atoms with Gasteiger partial charge in [0.1, 0.15) is 11.5 Å². The molecule has 0 amide bonds. The number of allylic oxidation sites excluding steroid dienone is 1. The molecule has 1 N–H and O–H groups in total. The molecule has 2 aromatic carbocycles. The first-order valence-electron chi connectivity index (χ1n) is 6.43. The lowest BCUT2D eigenvalue weighted by atomic mass is 9.88. The molecular formula is C17H16O2. The lowest BCUT2D eigenvalue weighted by Crippen LogP contribution is -1.99. The number of rotatable bonds is 2. The molecule has 2 nitrogen and oxygen atoms in total. The molecule has 1 aliphatic rings. The number of hydrogen-bond donors (Lipinski definition) is 1. The minimum Gasteiger partial charge on any atom is -0.508 e. The van der Waals surface area contributed by atoms with Crippen LogP contribution in [0.4, 0.5) is 0 Å². The molecule has 0 aromatic heterocycles. The predicted molar refractivity (Wildman–Crippen MR) is 77.3 cm³/mol. The van der Waals surface area contributed by atoms with Gasteiger partial charge in [0, 0.05) is 0 Å². The van der Waals surface area contributed by atoms with E-state index in [9.17, 15) is 5.11 Å². The number of benzene rings is 2. The van der Waals surface area contributed by atoms with Crippen LogP contribution in [0, 0.1) is 0 Å². The van der Waals surface area contributed by atoms with E-state index in [0.717, 1.165) is 24.2 Å². The van der Waals surface area contributed by atoms with Gasteiger partial charge < -0.3 is 9.84 Å². The van der Waals surface area contributed by atoms with Crippen molar-refractivity contribution in [1.29, 1.82) is 0 Å². The Morgan fingerprint density at radius 3 is 2.74 bits per heavy atom. The molecule has 3 rings (SSSR count). The highest BCUT2D eigenvalue weighted by molar-refractivity contribution is 5.84. The van der Waals surface area contributed by atoms with Gasteiger partial charge >= 0.3 is 0 Å². The van der Waals surface area contributed by atoms with Crippen molar-refractivity contribution in [3.05, 3.63) is 59.2 Å². The monoisotopic (exact) mass is 252 g/mol. The third-order valence-corrected chi connectivity index (χ3v) is 3.56. The highest BCUT2D eigenvalue weighted by Gasteiger charge is 2.12. The second-order valence-electron chi connectivity index (χ2n) is 4.78. The lowest BCUT2D eigenvalue weighted by molar-refractivity contribution is 0.414. The minimum atomic E-state index is 0.318. The smallest absolute Gasteiger partial charge is 0.119 e. The van der Waals surface area contributed by atoms with Gasteiger partial charge in [-0.05, 0) is 59.4 Å². The molecule has 0 aliphatic heterocycles. The Kier molecular flexibility index (Phi) is 3.00. The minimum absolute atomic E-state index is 0.318. The Balaban J connectivity index is 1.99. The highest BCUT2D eigenvalue weighted by Crippen LogP contribution is 2.33. The van der Waals surface area contributed by atoms with Crippen molar-refractivity contribution in [2.45, 2.75) is 12.8 Å². The molecule has 0 saturated heterocycles. The van der Waals surface area contributed by atoms with Crippen LogP contribution in [0.1, 0.15) is 23.1 Å². The van der Waals surface area contributed by atoms with Crippen molar-refractivity contribution in [3.63, 3.8) is 0 Å². The number of phenolic OH excluding ortho intramolecular Hbond substituents is 1. The zero-order chi connectivity index (χ0) is 13.2. The van der Waals surface area contributed by atoms with Crippen molar-refractivity contribution in [1.82, 2.24) is 0 Å². The van der Waals surface area contributed by atoms with Crippen LogP contribution in [0.15, 0.2) is 42.5 Å². The van der Waals surface area contributed by atoms with Crippen molar-refractivity contribution in [3.8, 4) is 11.5 Å². The summed E-state index contributed by atoms with van der Waals surface area (Å²) in [6, 6.07) is 13.6. The molecule has 0 atom stereocenters. The molecular weight excluding hydrogens is 236 g/mol. The number of hydrogen-bond acceptors (Lipinski definition) is 2. The van der Waals surface area contributed by atoms with E-state index in [0.29, 0.717) is 5.75 Å². The van der Waals surface area contributed by atoms with Gasteiger partial charge in [-0.1, -0.05) is 24.3 Å². The Morgan fingerprint density at radius 2 is 1.95 bits per heavy atom. The van der Waals surface area contributed by atoms with Crippen LogP contribution in [0.25, 0.3) is 11.6 Å². The largest absolute Gasteiger partial charge is 0.508 e. The van der Waals surface area contributed by atoms with Crippen LogP contribution in [0.3, 0.4) is 0 Å². The SMILES string of the molecule is COc1ccc2c(c1)CCC(c1cccc(O)c1)=C2. The van der Waals surface area contributed by atoms with E-state index in [1.54, 1.807) is 13.2 Å². The molecule has 0 saturated carbocycles. The first-order chi connectivity index (χ1) is 9.26. The molecule has 1 aliphatic carbocycles. The molecule has 0 bridgehead atoms. The molecule has 0 fully saturated rings. The summed E-state index contributed by atoms with van der Waals surface area (Å²) in [6.07, 6.45) is 4.20. The first-order valence-corrected chi connectivity index (χ1v) is 6.43. The summed E-state index contributed by atoms with van der Waals surface area (Å²) in [7, 11) is 1.69. The maximum atomic E-state index is 9.56.